The van der Waals surface area contributed by atoms with E-state index < -0.39 is 5.97 Å². The minimum atomic E-state index is -0.446. The predicted octanol–water partition coefficient (Wildman–Crippen LogP) is 2.94. The van der Waals surface area contributed by atoms with Crippen LogP contribution in [0.15, 0.2) is 16.4 Å². The minimum absolute atomic E-state index is 0.0282. The largest absolute Gasteiger partial charge is 0.462 e. The number of aryl methyl sites for hydroxylation is 1. The molecule has 0 amide bonds. The highest BCUT2D eigenvalue weighted by Gasteiger charge is 2.21. The Balaban J connectivity index is 2.66. The van der Waals surface area contributed by atoms with Gasteiger partial charge in [0.25, 0.3) is 0 Å². The fraction of sp³-hybridized carbons (Fsp3) is 0.462. The lowest BCUT2D eigenvalue weighted by molar-refractivity contribution is 0.0526. The molecule has 0 unspecified atom stereocenters. The quantitative estimate of drug-likeness (QED) is 0.685. The summed E-state index contributed by atoms with van der Waals surface area (Å²) in [5, 5.41) is 15.7. The van der Waals surface area contributed by atoms with Gasteiger partial charge >= 0.3 is 5.97 Å². The van der Waals surface area contributed by atoms with Gasteiger partial charge in [0.2, 0.25) is 0 Å². The fourth-order valence-electron chi connectivity index (χ4n) is 1.79. The molecule has 0 aliphatic heterocycles. The third kappa shape index (κ3) is 2.66. The number of fused-ring (bicyclic) bond motifs is 1. The van der Waals surface area contributed by atoms with Gasteiger partial charge in [0.05, 0.1) is 29.9 Å². The highest BCUT2D eigenvalue weighted by Crippen LogP contribution is 2.31. The summed E-state index contributed by atoms with van der Waals surface area (Å²) in [5.41, 5.74) is 1.91. The summed E-state index contributed by atoms with van der Waals surface area (Å²) < 4.78 is 5.07. The number of hydrogen-bond donors (Lipinski definition) is 1. The predicted molar refractivity (Wildman–Crippen MR) is 74.2 cm³/mol. The van der Waals surface area contributed by atoms with Crippen molar-refractivity contribution in [1.82, 2.24) is 15.2 Å². The molecule has 1 N–H and O–H groups in total. The minimum Gasteiger partial charge on any atom is -0.462 e. The van der Waals surface area contributed by atoms with Crippen molar-refractivity contribution in [2.24, 2.45) is 10.2 Å². The molecule has 0 spiro atoms. The average molecular weight is 275 g/mol. The zero-order chi connectivity index (χ0) is 14.7. The van der Waals surface area contributed by atoms with Gasteiger partial charge in [-0.1, -0.05) is 0 Å². The van der Waals surface area contributed by atoms with E-state index in [2.05, 4.69) is 25.4 Å². The number of azo groups is 1. The van der Waals surface area contributed by atoms with Crippen molar-refractivity contribution in [3.8, 4) is 0 Å². The SMILES string of the molecule is CCOC(=O)c1c(C)nc2[nH]ncc2c1N=NC(C)C. The van der Waals surface area contributed by atoms with Crippen molar-refractivity contribution in [3.05, 3.63) is 17.5 Å². The number of nitrogens with zero attached hydrogens (tertiary/aromatic N) is 4. The molecule has 7 nitrogen and oxygen atoms in total. The molecule has 0 saturated carbocycles. The summed E-state index contributed by atoms with van der Waals surface area (Å²) in [6.07, 6.45) is 1.58. The lowest BCUT2D eigenvalue weighted by Gasteiger charge is -2.08. The molecule has 7 heteroatoms. The van der Waals surface area contributed by atoms with Crippen LogP contribution in [0.5, 0.6) is 0 Å². The zero-order valence-electron chi connectivity index (χ0n) is 12.0. The van der Waals surface area contributed by atoms with Gasteiger partial charge in [-0.15, -0.1) is 0 Å². The molecule has 2 aromatic rings. The lowest BCUT2D eigenvalue weighted by atomic mass is 10.1. The maximum absolute atomic E-state index is 12.1. The van der Waals surface area contributed by atoms with Crippen LogP contribution in [0.1, 0.15) is 36.8 Å². The second-order valence-electron chi connectivity index (χ2n) is 4.58. The third-order valence-corrected chi connectivity index (χ3v) is 2.62. The van der Waals surface area contributed by atoms with Gasteiger partial charge in [0.15, 0.2) is 5.65 Å². The molecule has 2 aromatic heterocycles. The molecular weight excluding hydrogens is 258 g/mol. The Labute approximate surface area is 116 Å². The Hall–Kier alpha value is -2.31. The first-order valence-electron chi connectivity index (χ1n) is 6.46. The number of H-pyrrole nitrogens is 1. The van der Waals surface area contributed by atoms with Crippen molar-refractivity contribution in [2.45, 2.75) is 33.7 Å². The molecule has 0 saturated heterocycles. The van der Waals surface area contributed by atoms with Crippen LogP contribution >= 0.6 is 0 Å². The Morgan fingerprint density at radius 3 is 2.90 bits per heavy atom. The van der Waals surface area contributed by atoms with Crippen LogP contribution in [-0.2, 0) is 4.74 Å². The Morgan fingerprint density at radius 2 is 2.25 bits per heavy atom. The molecular formula is C13H17N5O2. The standard InChI is InChI=1S/C13H17N5O2/c1-5-20-13(19)10-8(4)15-12-9(6-14-18-12)11(10)17-16-7(2)3/h6-7H,5H2,1-4H3,(H,14,15,18). The number of aromatic amines is 1. The number of aromatic nitrogens is 3. The molecule has 2 rings (SSSR count). The van der Waals surface area contributed by atoms with Crippen molar-refractivity contribution < 1.29 is 9.53 Å². The van der Waals surface area contributed by atoms with E-state index in [0.29, 0.717) is 34.6 Å². The number of hydrogen-bond acceptors (Lipinski definition) is 6. The lowest BCUT2D eigenvalue weighted by Crippen LogP contribution is -2.08. The van der Waals surface area contributed by atoms with Crippen molar-refractivity contribution >= 4 is 22.7 Å². The average Bonchev–Trinajstić information content (AvgIpc) is 2.83. The van der Waals surface area contributed by atoms with Crippen LogP contribution in [0.4, 0.5) is 5.69 Å². The molecule has 0 aliphatic carbocycles. The number of nitrogens with one attached hydrogen (secondary N) is 1. The van der Waals surface area contributed by atoms with Crippen LogP contribution in [0.3, 0.4) is 0 Å². The Morgan fingerprint density at radius 1 is 1.50 bits per heavy atom. The first-order chi connectivity index (χ1) is 9.54. The summed E-state index contributed by atoms with van der Waals surface area (Å²) in [7, 11) is 0. The van der Waals surface area contributed by atoms with Crippen molar-refractivity contribution in [2.75, 3.05) is 6.61 Å². The van der Waals surface area contributed by atoms with Crippen LogP contribution in [0.2, 0.25) is 0 Å². The van der Waals surface area contributed by atoms with E-state index in [0.717, 1.165) is 0 Å². The Kier molecular flexibility index (Phi) is 4.07. The number of pyridine rings is 1. The molecule has 0 fully saturated rings. The molecule has 2 heterocycles. The highest BCUT2D eigenvalue weighted by atomic mass is 16.5. The smallest absolute Gasteiger partial charge is 0.342 e. The zero-order valence-corrected chi connectivity index (χ0v) is 12.0. The first kappa shape index (κ1) is 14.1. The number of rotatable bonds is 4. The third-order valence-electron chi connectivity index (χ3n) is 2.62. The molecule has 106 valence electrons. The van der Waals surface area contributed by atoms with Gasteiger partial charge in [-0.05, 0) is 27.7 Å². The number of carbonyl (C=O) groups is 1. The molecule has 0 radical (unpaired) electrons. The van der Waals surface area contributed by atoms with Gasteiger partial charge in [-0.3, -0.25) is 5.10 Å². The van der Waals surface area contributed by atoms with Gasteiger partial charge in [0.1, 0.15) is 11.3 Å². The maximum Gasteiger partial charge on any atom is 0.342 e. The van der Waals surface area contributed by atoms with E-state index in [-0.39, 0.29) is 6.04 Å². The van der Waals surface area contributed by atoms with Gasteiger partial charge < -0.3 is 4.74 Å². The van der Waals surface area contributed by atoms with Crippen LogP contribution in [0.25, 0.3) is 11.0 Å². The van der Waals surface area contributed by atoms with Crippen LogP contribution in [-0.4, -0.2) is 33.8 Å². The van der Waals surface area contributed by atoms with Gasteiger partial charge in [-0.2, -0.15) is 15.3 Å². The number of esters is 1. The van der Waals surface area contributed by atoms with Gasteiger partial charge in [0, 0.05) is 0 Å². The van der Waals surface area contributed by atoms with E-state index in [4.69, 9.17) is 4.74 Å². The molecule has 0 bridgehead atoms. The summed E-state index contributed by atoms with van der Waals surface area (Å²) in [5.74, 6) is -0.446. The van der Waals surface area contributed by atoms with E-state index in [9.17, 15) is 4.79 Å². The maximum atomic E-state index is 12.1. The summed E-state index contributed by atoms with van der Waals surface area (Å²) in [6, 6.07) is 0.0282. The molecule has 0 atom stereocenters. The topological polar surface area (TPSA) is 92.6 Å². The van der Waals surface area contributed by atoms with Crippen molar-refractivity contribution in [3.63, 3.8) is 0 Å². The van der Waals surface area contributed by atoms with Gasteiger partial charge in [-0.25, -0.2) is 9.78 Å². The normalized spacial score (nSPS) is 11.7. The van der Waals surface area contributed by atoms with Crippen LogP contribution < -0.4 is 0 Å². The van der Waals surface area contributed by atoms with Crippen LogP contribution in [0, 0.1) is 6.92 Å². The van der Waals surface area contributed by atoms with E-state index in [1.807, 2.05) is 13.8 Å². The highest BCUT2D eigenvalue weighted by molar-refractivity contribution is 6.03. The number of carbonyl (C=O) groups excluding carboxylic acids is 1. The van der Waals surface area contributed by atoms with E-state index in [1.165, 1.54) is 0 Å². The first-order valence-corrected chi connectivity index (χ1v) is 6.46. The monoisotopic (exact) mass is 275 g/mol. The summed E-state index contributed by atoms with van der Waals surface area (Å²) in [6.45, 7) is 7.61. The second-order valence-corrected chi connectivity index (χ2v) is 4.58. The number of ether oxygens (including phenoxy) is 1. The molecule has 0 aliphatic rings. The summed E-state index contributed by atoms with van der Waals surface area (Å²) >= 11 is 0. The summed E-state index contributed by atoms with van der Waals surface area (Å²) in [4.78, 5) is 16.4. The molecule has 0 aromatic carbocycles. The second kappa shape index (κ2) is 5.77. The fourth-order valence-corrected chi connectivity index (χ4v) is 1.79. The van der Waals surface area contributed by atoms with E-state index in [1.54, 1.807) is 20.0 Å². The Bertz CT molecular complexity index is 660. The van der Waals surface area contributed by atoms with Crippen molar-refractivity contribution in [1.29, 1.82) is 0 Å². The molecule has 20 heavy (non-hydrogen) atoms. The van der Waals surface area contributed by atoms with E-state index >= 15 is 0 Å².